The number of anilines is 1. The molecule has 0 aromatic heterocycles. The van der Waals surface area contributed by atoms with Crippen LogP contribution < -0.4 is 5.32 Å². The van der Waals surface area contributed by atoms with E-state index in [0.29, 0.717) is 11.8 Å². The maximum absolute atomic E-state index is 10.5. The van der Waals surface area contributed by atoms with Gasteiger partial charge in [0.25, 0.3) is 0 Å². The first-order valence-corrected chi connectivity index (χ1v) is 5.44. The van der Waals surface area contributed by atoms with Crippen molar-refractivity contribution in [1.82, 2.24) is 0 Å². The predicted molar refractivity (Wildman–Crippen MR) is 64.0 cm³/mol. The second-order valence-corrected chi connectivity index (χ2v) is 4.38. The van der Waals surface area contributed by atoms with Crippen LogP contribution in [-0.4, -0.2) is 6.41 Å². The second-order valence-electron chi connectivity index (χ2n) is 4.38. The molecule has 1 rings (SSSR count). The quantitative estimate of drug-likeness (QED) is 0.733. The number of nitrogens with one attached hydrogen (secondary N) is 1. The Labute approximate surface area is 91.7 Å². The van der Waals surface area contributed by atoms with Crippen LogP contribution in [-0.2, 0) is 4.79 Å². The van der Waals surface area contributed by atoms with Crippen LogP contribution in [0.1, 0.15) is 38.7 Å². The molecule has 82 valence electrons. The minimum absolute atomic E-state index is 0.480. The summed E-state index contributed by atoms with van der Waals surface area (Å²) >= 11 is 0. The standard InChI is InChI=1S/C13H19NO/c1-10(2)8-11(3)12-6-4-5-7-13(12)14-9-15/h4-7,9-11H,8H2,1-3H3,(H,14,15). The zero-order valence-electron chi connectivity index (χ0n) is 9.66. The number of hydrogen-bond donors (Lipinski definition) is 1. The molecule has 0 aliphatic rings. The molecule has 1 atom stereocenters. The molecule has 15 heavy (non-hydrogen) atoms. The van der Waals surface area contributed by atoms with Crippen molar-refractivity contribution in [2.24, 2.45) is 5.92 Å². The number of carbonyl (C=O) groups excluding carboxylic acids is 1. The lowest BCUT2D eigenvalue weighted by Crippen LogP contribution is -2.04. The van der Waals surface area contributed by atoms with Crippen LogP contribution in [0.3, 0.4) is 0 Å². The van der Waals surface area contributed by atoms with E-state index < -0.39 is 0 Å². The van der Waals surface area contributed by atoms with Crippen molar-refractivity contribution in [1.29, 1.82) is 0 Å². The minimum atomic E-state index is 0.480. The van der Waals surface area contributed by atoms with Gasteiger partial charge in [0.2, 0.25) is 6.41 Å². The Morgan fingerprint density at radius 1 is 1.27 bits per heavy atom. The van der Waals surface area contributed by atoms with Crippen LogP contribution >= 0.6 is 0 Å². The zero-order valence-corrected chi connectivity index (χ0v) is 9.66. The third-order valence-electron chi connectivity index (χ3n) is 2.53. The van der Waals surface area contributed by atoms with Gasteiger partial charge in [-0.1, -0.05) is 39.0 Å². The predicted octanol–water partition coefficient (Wildman–Crippen LogP) is 3.40. The second kappa shape index (κ2) is 5.54. The summed E-state index contributed by atoms with van der Waals surface area (Å²) in [6.45, 7) is 6.63. The molecule has 2 heteroatoms. The van der Waals surface area contributed by atoms with Crippen LogP contribution in [0.15, 0.2) is 24.3 Å². The highest BCUT2D eigenvalue weighted by Crippen LogP contribution is 2.28. The van der Waals surface area contributed by atoms with E-state index >= 15 is 0 Å². The Morgan fingerprint density at radius 2 is 1.93 bits per heavy atom. The lowest BCUT2D eigenvalue weighted by atomic mass is 9.91. The largest absolute Gasteiger partial charge is 0.328 e. The first-order valence-electron chi connectivity index (χ1n) is 5.44. The molecule has 2 nitrogen and oxygen atoms in total. The third-order valence-corrected chi connectivity index (χ3v) is 2.53. The van der Waals surface area contributed by atoms with Gasteiger partial charge in [0, 0.05) is 5.69 Å². The van der Waals surface area contributed by atoms with Crippen molar-refractivity contribution in [2.45, 2.75) is 33.1 Å². The maximum Gasteiger partial charge on any atom is 0.211 e. The molecular formula is C13H19NO. The zero-order chi connectivity index (χ0) is 11.3. The van der Waals surface area contributed by atoms with Crippen LogP contribution in [0, 0.1) is 5.92 Å². The molecule has 0 saturated carbocycles. The molecule has 0 aliphatic heterocycles. The Balaban J connectivity index is 2.86. The molecule has 0 aliphatic carbocycles. The Morgan fingerprint density at radius 3 is 2.53 bits per heavy atom. The van der Waals surface area contributed by atoms with Gasteiger partial charge in [-0.05, 0) is 29.9 Å². The molecule has 0 bridgehead atoms. The summed E-state index contributed by atoms with van der Waals surface area (Å²) in [7, 11) is 0. The molecular weight excluding hydrogens is 186 g/mol. The summed E-state index contributed by atoms with van der Waals surface area (Å²) in [4.78, 5) is 10.5. The first-order chi connectivity index (χ1) is 7.15. The molecule has 1 N–H and O–H groups in total. The summed E-state index contributed by atoms with van der Waals surface area (Å²) in [5, 5.41) is 2.75. The van der Waals surface area contributed by atoms with Crippen LogP contribution in [0.2, 0.25) is 0 Å². The Kier molecular flexibility index (Phi) is 4.35. The van der Waals surface area contributed by atoms with Gasteiger partial charge in [-0.15, -0.1) is 0 Å². The average molecular weight is 205 g/mol. The van der Waals surface area contributed by atoms with Crippen LogP contribution in [0.25, 0.3) is 0 Å². The highest BCUT2D eigenvalue weighted by Gasteiger charge is 2.11. The normalized spacial score (nSPS) is 12.5. The molecule has 0 radical (unpaired) electrons. The SMILES string of the molecule is CC(C)CC(C)c1ccccc1NC=O. The summed E-state index contributed by atoms with van der Waals surface area (Å²) in [5.74, 6) is 1.15. The van der Waals surface area contributed by atoms with Gasteiger partial charge in [-0.2, -0.15) is 0 Å². The van der Waals surface area contributed by atoms with Gasteiger partial charge in [0.05, 0.1) is 0 Å². The Bertz CT molecular complexity index is 320. The average Bonchev–Trinajstić information content (AvgIpc) is 2.18. The summed E-state index contributed by atoms with van der Waals surface area (Å²) in [5.41, 5.74) is 2.15. The van der Waals surface area contributed by atoms with Crippen LogP contribution in [0.5, 0.6) is 0 Å². The van der Waals surface area contributed by atoms with Crippen molar-refractivity contribution in [3.05, 3.63) is 29.8 Å². The summed E-state index contributed by atoms with van der Waals surface area (Å²) < 4.78 is 0. The van der Waals surface area contributed by atoms with Gasteiger partial charge >= 0.3 is 0 Å². The van der Waals surface area contributed by atoms with E-state index in [1.165, 1.54) is 5.56 Å². The van der Waals surface area contributed by atoms with E-state index in [4.69, 9.17) is 0 Å². The lowest BCUT2D eigenvalue weighted by Gasteiger charge is -2.17. The topological polar surface area (TPSA) is 29.1 Å². The van der Waals surface area contributed by atoms with E-state index in [2.05, 4.69) is 32.2 Å². The highest BCUT2D eigenvalue weighted by atomic mass is 16.1. The molecule has 1 aromatic carbocycles. The number of benzene rings is 1. The van der Waals surface area contributed by atoms with Crippen molar-refractivity contribution in [3.63, 3.8) is 0 Å². The number of hydrogen-bond acceptors (Lipinski definition) is 1. The lowest BCUT2D eigenvalue weighted by molar-refractivity contribution is -0.105. The van der Waals surface area contributed by atoms with Gasteiger partial charge in [-0.3, -0.25) is 4.79 Å². The molecule has 1 unspecified atom stereocenters. The number of carbonyl (C=O) groups is 1. The van der Waals surface area contributed by atoms with Crippen molar-refractivity contribution in [3.8, 4) is 0 Å². The van der Waals surface area contributed by atoms with Gasteiger partial charge in [0.1, 0.15) is 0 Å². The van der Waals surface area contributed by atoms with E-state index in [1.807, 2.05) is 18.2 Å². The molecule has 0 heterocycles. The minimum Gasteiger partial charge on any atom is -0.328 e. The van der Waals surface area contributed by atoms with E-state index in [1.54, 1.807) is 0 Å². The summed E-state index contributed by atoms with van der Waals surface area (Å²) in [6, 6.07) is 7.99. The smallest absolute Gasteiger partial charge is 0.211 e. The number of rotatable bonds is 5. The van der Waals surface area contributed by atoms with Gasteiger partial charge in [0.15, 0.2) is 0 Å². The van der Waals surface area contributed by atoms with Crippen molar-refractivity contribution in [2.75, 3.05) is 5.32 Å². The molecule has 1 aromatic rings. The fraction of sp³-hybridized carbons (Fsp3) is 0.462. The van der Waals surface area contributed by atoms with E-state index in [0.717, 1.165) is 18.5 Å². The van der Waals surface area contributed by atoms with E-state index in [9.17, 15) is 4.79 Å². The molecule has 0 spiro atoms. The Hall–Kier alpha value is -1.31. The number of para-hydroxylation sites is 1. The van der Waals surface area contributed by atoms with Crippen LogP contribution in [0.4, 0.5) is 5.69 Å². The van der Waals surface area contributed by atoms with E-state index in [-0.39, 0.29) is 0 Å². The van der Waals surface area contributed by atoms with Gasteiger partial charge < -0.3 is 5.32 Å². The first kappa shape index (κ1) is 11.8. The van der Waals surface area contributed by atoms with Gasteiger partial charge in [-0.25, -0.2) is 0 Å². The molecule has 0 fully saturated rings. The summed E-state index contributed by atoms with van der Waals surface area (Å²) in [6.07, 6.45) is 1.87. The van der Waals surface area contributed by atoms with Crippen molar-refractivity contribution < 1.29 is 4.79 Å². The molecule has 0 saturated heterocycles. The number of amides is 1. The fourth-order valence-electron chi connectivity index (χ4n) is 1.96. The maximum atomic E-state index is 10.5. The fourth-order valence-corrected chi connectivity index (χ4v) is 1.96. The monoisotopic (exact) mass is 205 g/mol. The molecule has 1 amide bonds. The highest BCUT2D eigenvalue weighted by molar-refractivity contribution is 5.73. The van der Waals surface area contributed by atoms with Crippen molar-refractivity contribution >= 4 is 12.1 Å². The third kappa shape index (κ3) is 3.39.